The van der Waals surface area contributed by atoms with E-state index >= 15 is 0 Å². The van der Waals surface area contributed by atoms with E-state index in [9.17, 15) is 9.59 Å². The Morgan fingerprint density at radius 1 is 1.04 bits per heavy atom. The Labute approximate surface area is 160 Å². The third-order valence-electron chi connectivity index (χ3n) is 5.15. The molecule has 1 unspecified atom stereocenters. The lowest BCUT2D eigenvalue weighted by molar-refractivity contribution is -0.122. The third-order valence-corrected chi connectivity index (χ3v) is 5.15. The van der Waals surface area contributed by atoms with Crippen molar-refractivity contribution in [2.75, 3.05) is 7.11 Å². The van der Waals surface area contributed by atoms with Crippen molar-refractivity contribution in [3.8, 4) is 5.75 Å². The highest BCUT2D eigenvalue weighted by Crippen LogP contribution is 2.41. The van der Waals surface area contributed by atoms with Gasteiger partial charge in [-0.25, -0.2) is 0 Å². The number of benzene rings is 2. The number of hydrogen-bond donors (Lipinski definition) is 1. The summed E-state index contributed by atoms with van der Waals surface area (Å²) < 4.78 is 5.20. The summed E-state index contributed by atoms with van der Waals surface area (Å²) in [6.07, 6.45) is 3.65. The van der Waals surface area contributed by atoms with E-state index in [-0.39, 0.29) is 30.6 Å². The number of methoxy groups -OCH3 is 1. The van der Waals surface area contributed by atoms with Crippen LogP contribution in [0.5, 0.6) is 5.75 Å². The summed E-state index contributed by atoms with van der Waals surface area (Å²) in [6.45, 7) is 2.08. The van der Waals surface area contributed by atoms with Gasteiger partial charge in [0.15, 0.2) is 5.78 Å². The molecule has 2 aromatic carbocycles. The minimum Gasteiger partial charge on any atom is -0.497 e. The first-order valence-corrected chi connectivity index (χ1v) is 9.66. The molecule has 1 aliphatic carbocycles. The molecule has 1 fully saturated rings. The van der Waals surface area contributed by atoms with Gasteiger partial charge in [-0.1, -0.05) is 43.3 Å². The van der Waals surface area contributed by atoms with Crippen LogP contribution in [0.3, 0.4) is 0 Å². The maximum atomic E-state index is 12.4. The smallest absolute Gasteiger partial charge is 0.220 e. The van der Waals surface area contributed by atoms with E-state index in [0.29, 0.717) is 11.5 Å². The minimum atomic E-state index is -0.0683. The molecule has 1 aliphatic rings. The van der Waals surface area contributed by atoms with Gasteiger partial charge in [0.25, 0.3) is 0 Å². The zero-order chi connectivity index (χ0) is 19.2. The predicted molar refractivity (Wildman–Crippen MR) is 106 cm³/mol. The number of amides is 1. The molecule has 1 atom stereocenters. The zero-order valence-corrected chi connectivity index (χ0v) is 16.0. The van der Waals surface area contributed by atoms with Crippen molar-refractivity contribution in [2.24, 2.45) is 5.92 Å². The number of carbonyl (C=O) groups excluding carboxylic acids is 2. The van der Waals surface area contributed by atoms with Gasteiger partial charge in [-0.3, -0.25) is 9.59 Å². The van der Waals surface area contributed by atoms with E-state index in [0.717, 1.165) is 30.6 Å². The van der Waals surface area contributed by atoms with Crippen LogP contribution in [0.15, 0.2) is 48.5 Å². The summed E-state index contributed by atoms with van der Waals surface area (Å²) in [4.78, 5) is 24.8. The quantitative estimate of drug-likeness (QED) is 0.666. The molecule has 0 aliphatic heterocycles. The first kappa shape index (κ1) is 19.2. The fourth-order valence-electron chi connectivity index (χ4n) is 3.26. The van der Waals surface area contributed by atoms with Gasteiger partial charge in [-0.05, 0) is 48.4 Å². The molecule has 0 radical (unpaired) electrons. The average molecular weight is 365 g/mol. The molecule has 0 spiro atoms. The van der Waals surface area contributed by atoms with Crippen LogP contribution in [0.2, 0.25) is 0 Å². The third kappa shape index (κ3) is 5.19. The summed E-state index contributed by atoms with van der Waals surface area (Å²) in [5.41, 5.74) is 2.97. The Hall–Kier alpha value is -2.62. The van der Waals surface area contributed by atoms with E-state index in [1.165, 1.54) is 5.56 Å². The summed E-state index contributed by atoms with van der Waals surface area (Å²) in [6, 6.07) is 15.5. The van der Waals surface area contributed by atoms with Crippen LogP contribution in [0, 0.1) is 5.92 Å². The van der Waals surface area contributed by atoms with Gasteiger partial charge >= 0.3 is 0 Å². The van der Waals surface area contributed by atoms with Crippen molar-refractivity contribution in [1.29, 1.82) is 0 Å². The molecule has 0 bridgehead atoms. The van der Waals surface area contributed by atoms with E-state index in [4.69, 9.17) is 4.74 Å². The topological polar surface area (TPSA) is 55.4 Å². The molecule has 1 N–H and O–H groups in total. The largest absolute Gasteiger partial charge is 0.497 e. The molecule has 1 saturated carbocycles. The lowest BCUT2D eigenvalue weighted by Crippen LogP contribution is -2.30. The Balaban J connectivity index is 1.55. The van der Waals surface area contributed by atoms with Gasteiger partial charge in [0, 0.05) is 18.4 Å². The normalized spacial score (nSPS) is 14.4. The van der Waals surface area contributed by atoms with Crippen LogP contribution in [0.1, 0.15) is 60.1 Å². The summed E-state index contributed by atoms with van der Waals surface area (Å²) in [7, 11) is 1.64. The zero-order valence-electron chi connectivity index (χ0n) is 16.0. The SMILES string of the molecule is CCc1ccc(C(=O)CCC(=O)NC(c2ccc(OC)cc2)C2CC2)cc1. The van der Waals surface area contributed by atoms with E-state index < -0.39 is 0 Å². The summed E-state index contributed by atoms with van der Waals surface area (Å²) in [5, 5.41) is 3.13. The highest BCUT2D eigenvalue weighted by Gasteiger charge is 2.33. The molecule has 0 aromatic heterocycles. The maximum absolute atomic E-state index is 12.4. The molecule has 4 nitrogen and oxygen atoms in total. The van der Waals surface area contributed by atoms with Crippen LogP contribution in [-0.2, 0) is 11.2 Å². The van der Waals surface area contributed by atoms with Gasteiger partial charge in [0.05, 0.1) is 13.2 Å². The Morgan fingerprint density at radius 2 is 1.70 bits per heavy atom. The second kappa shape index (κ2) is 8.85. The molecule has 142 valence electrons. The van der Waals surface area contributed by atoms with Crippen molar-refractivity contribution in [1.82, 2.24) is 5.32 Å². The first-order valence-electron chi connectivity index (χ1n) is 9.66. The van der Waals surface area contributed by atoms with Gasteiger partial charge in [0.1, 0.15) is 5.75 Å². The molecular weight excluding hydrogens is 338 g/mol. The fraction of sp³-hybridized carbons (Fsp3) is 0.391. The summed E-state index contributed by atoms with van der Waals surface area (Å²) in [5.74, 6) is 1.24. The van der Waals surface area contributed by atoms with Gasteiger partial charge in [-0.2, -0.15) is 0 Å². The number of ketones is 1. The second-order valence-electron chi connectivity index (χ2n) is 7.13. The second-order valence-corrected chi connectivity index (χ2v) is 7.13. The van der Waals surface area contributed by atoms with E-state index in [2.05, 4.69) is 12.2 Å². The predicted octanol–water partition coefficient (Wildman–Crippen LogP) is 4.49. The first-order chi connectivity index (χ1) is 13.1. The number of carbonyl (C=O) groups is 2. The van der Waals surface area contributed by atoms with Crippen molar-refractivity contribution in [3.63, 3.8) is 0 Å². The van der Waals surface area contributed by atoms with Crippen LogP contribution < -0.4 is 10.1 Å². The Bertz CT molecular complexity index is 776. The van der Waals surface area contributed by atoms with Gasteiger partial charge in [-0.15, -0.1) is 0 Å². The number of nitrogens with one attached hydrogen (secondary N) is 1. The van der Waals surface area contributed by atoms with Gasteiger partial charge in [0.2, 0.25) is 5.91 Å². The molecule has 0 heterocycles. The minimum absolute atomic E-state index is 0.0141. The molecule has 0 saturated heterocycles. The highest BCUT2D eigenvalue weighted by atomic mass is 16.5. The van der Waals surface area contributed by atoms with Crippen LogP contribution >= 0.6 is 0 Å². The monoisotopic (exact) mass is 365 g/mol. The van der Waals surface area contributed by atoms with Crippen molar-refractivity contribution in [3.05, 3.63) is 65.2 Å². The molecule has 1 amide bonds. The lowest BCUT2D eigenvalue weighted by Gasteiger charge is -2.19. The number of Topliss-reactive ketones (excluding diaryl/α,β-unsaturated/α-hetero) is 1. The van der Waals surface area contributed by atoms with Gasteiger partial charge < -0.3 is 10.1 Å². The number of ether oxygens (including phenoxy) is 1. The van der Waals surface area contributed by atoms with Crippen molar-refractivity contribution in [2.45, 2.75) is 45.1 Å². The van der Waals surface area contributed by atoms with Crippen molar-refractivity contribution >= 4 is 11.7 Å². The highest BCUT2D eigenvalue weighted by molar-refractivity contribution is 5.98. The molecule has 27 heavy (non-hydrogen) atoms. The molecule has 4 heteroatoms. The number of aryl methyl sites for hydroxylation is 1. The maximum Gasteiger partial charge on any atom is 0.220 e. The van der Waals surface area contributed by atoms with Crippen LogP contribution in [-0.4, -0.2) is 18.8 Å². The van der Waals surface area contributed by atoms with E-state index in [1.54, 1.807) is 7.11 Å². The molecule has 2 aromatic rings. The fourth-order valence-corrected chi connectivity index (χ4v) is 3.26. The van der Waals surface area contributed by atoms with Crippen LogP contribution in [0.4, 0.5) is 0 Å². The lowest BCUT2D eigenvalue weighted by atomic mass is 10.0. The Morgan fingerprint density at radius 3 is 2.26 bits per heavy atom. The average Bonchev–Trinajstić information content (AvgIpc) is 3.55. The number of rotatable bonds is 9. The number of hydrogen-bond acceptors (Lipinski definition) is 3. The molecular formula is C23H27NO3. The van der Waals surface area contributed by atoms with Crippen molar-refractivity contribution < 1.29 is 14.3 Å². The standard InChI is InChI=1S/C23H27NO3/c1-3-16-4-6-17(7-5-16)21(25)14-15-22(26)24-23(18-8-9-18)19-10-12-20(27-2)13-11-19/h4-7,10-13,18,23H,3,8-9,14-15H2,1-2H3,(H,24,26). The van der Waals surface area contributed by atoms with Crippen LogP contribution in [0.25, 0.3) is 0 Å². The molecule has 3 rings (SSSR count). The van der Waals surface area contributed by atoms with E-state index in [1.807, 2.05) is 48.5 Å². The Kier molecular flexibility index (Phi) is 6.28. The summed E-state index contributed by atoms with van der Waals surface area (Å²) >= 11 is 0.